The largest absolute Gasteiger partial charge is 0.450 e. The van der Waals surface area contributed by atoms with Crippen LogP contribution in [-0.2, 0) is 4.74 Å². The van der Waals surface area contributed by atoms with E-state index in [1.807, 2.05) is 13.8 Å². The smallest absolute Gasteiger partial charge is 0.290 e. The van der Waals surface area contributed by atoms with Crippen molar-refractivity contribution in [3.8, 4) is 0 Å². The number of carbonyl (C=O) groups is 1. The number of benzene rings is 2. The first kappa shape index (κ1) is 20.6. The van der Waals surface area contributed by atoms with Gasteiger partial charge in [-0.2, -0.15) is 0 Å². The van der Waals surface area contributed by atoms with Crippen molar-refractivity contribution in [1.29, 1.82) is 0 Å². The highest BCUT2D eigenvalue weighted by Crippen LogP contribution is 2.38. The molecule has 0 fully saturated rings. The van der Waals surface area contributed by atoms with Crippen LogP contribution in [0.4, 0.5) is 4.39 Å². The van der Waals surface area contributed by atoms with E-state index in [4.69, 9.17) is 20.8 Å². The van der Waals surface area contributed by atoms with Gasteiger partial charge in [-0.05, 0) is 56.2 Å². The highest BCUT2D eigenvalue weighted by Gasteiger charge is 2.42. The number of ether oxygens (including phenoxy) is 1. The molecule has 0 radical (unpaired) electrons. The fraction of sp³-hybridized carbons (Fsp3) is 0.304. The van der Waals surface area contributed by atoms with Gasteiger partial charge in [-0.3, -0.25) is 9.59 Å². The zero-order chi connectivity index (χ0) is 21.4. The lowest BCUT2D eigenvalue weighted by molar-refractivity contribution is 0.0593. The average molecular weight is 430 g/mol. The zero-order valence-electron chi connectivity index (χ0n) is 16.7. The van der Waals surface area contributed by atoms with Crippen molar-refractivity contribution in [2.75, 3.05) is 13.2 Å². The maximum absolute atomic E-state index is 13.8. The highest BCUT2D eigenvalue weighted by molar-refractivity contribution is 6.30. The van der Waals surface area contributed by atoms with Crippen LogP contribution in [-0.4, -0.2) is 30.1 Å². The molecule has 0 saturated carbocycles. The van der Waals surface area contributed by atoms with E-state index in [-0.39, 0.29) is 34.3 Å². The van der Waals surface area contributed by atoms with Crippen LogP contribution in [0, 0.1) is 5.82 Å². The van der Waals surface area contributed by atoms with E-state index in [0.29, 0.717) is 24.6 Å². The fourth-order valence-corrected chi connectivity index (χ4v) is 3.89. The molecule has 2 aromatic carbocycles. The number of hydrogen-bond acceptors (Lipinski definition) is 4. The van der Waals surface area contributed by atoms with Crippen molar-refractivity contribution in [2.24, 2.45) is 0 Å². The van der Waals surface area contributed by atoms with Gasteiger partial charge in [-0.1, -0.05) is 23.7 Å². The Morgan fingerprint density at radius 3 is 2.60 bits per heavy atom. The minimum absolute atomic E-state index is 0.00355. The van der Waals surface area contributed by atoms with Crippen LogP contribution in [0.1, 0.15) is 48.0 Å². The molecule has 156 valence electrons. The molecule has 0 bridgehead atoms. The SMILES string of the molecule is CC(C)OCCCN1C(=O)c2oc3ccc(F)cc3c(=O)c2[C@H]1c1ccc(Cl)cc1. The van der Waals surface area contributed by atoms with Crippen molar-refractivity contribution in [2.45, 2.75) is 32.4 Å². The molecule has 5 nitrogen and oxygen atoms in total. The van der Waals surface area contributed by atoms with E-state index in [1.54, 1.807) is 29.2 Å². The van der Waals surface area contributed by atoms with E-state index in [9.17, 15) is 14.0 Å². The summed E-state index contributed by atoms with van der Waals surface area (Å²) >= 11 is 6.02. The second-order valence-electron chi connectivity index (χ2n) is 7.54. The Balaban J connectivity index is 1.81. The Labute approximate surface area is 178 Å². The van der Waals surface area contributed by atoms with Crippen LogP contribution in [0.3, 0.4) is 0 Å². The van der Waals surface area contributed by atoms with Gasteiger partial charge in [-0.25, -0.2) is 4.39 Å². The van der Waals surface area contributed by atoms with E-state index in [1.165, 1.54) is 12.1 Å². The second kappa shape index (κ2) is 8.20. The van der Waals surface area contributed by atoms with Gasteiger partial charge in [-0.15, -0.1) is 0 Å². The number of fused-ring (bicyclic) bond motifs is 2. The third-order valence-corrected chi connectivity index (χ3v) is 5.36. The minimum Gasteiger partial charge on any atom is -0.450 e. The molecule has 1 aliphatic rings. The molecule has 0 spiro atoms. The molecule has 7 heteroatoms. The van der Waals surface area contributed by atoms with Crippen molar-refractivity contribution >= 4 is 28.5 Å². The van der Waals surface area contributed by atoms with Crippen LogP contribution in [0.2, 0.25) is 5.02 Å². The monoisotopic (exact) mass is 429 g/mol. The minimum atomic E-state index is -0.632. The molecule has 4 rings (SSSR count). The van der Waals surface area contributed by atoms with Gasteiger partial charge in [0, 0.05) is 18.2 Å². The Morgan fingerprint density at radius 1 is 1.17 bits per heavy atom. The maximum Gasteiger partial charge on any atom is 0.290 e. The van der Waals surface area contributed by atoms with Crippen molar-refractivity contribution in [3.05, 3.63) is 80.4 Å². The summed E-state index contributed by atoms with van der Waals surface area (Å²) in [5.74, 6) is -0.897. The van der Waals surface area contributed by atoms with Crippen LogP contribution in [0.5, 0.6) is 0 Å². The molecule has 3 aromatic rings. The summed E-state index contributed by atoms with van der Waals surface area (Å²) < 4.78 is 25.1. The lowest BCUT2D eigenvalue weighted by atomic mass is 9.98. The van der Waals surface area contributed by atoms with Gasteiger partial charge in [0.15, 0.2) is 5.43 Å². The Kier molecular flexibility index (Phi) is 5.62. The summed E-state index contributed by atoms with van der Waals surface area (Å²) in [5, 5.41) is 0.665. The standard InChI is InChI=1S/C23H21ClFNO4/c1-13(2)29-11-3-10-26-20(14-4-6-15(24)7-5-14)19-21(27)17-12-16(25)8-9-18(17)30-22(19)23(26)28/h4-9,12-13,20H,3,10-11H2,1-2H3/t20-/m1/s1. The fourth-order valence-electron chi connectivity index (χ4n) is 3.77. The van der Waals surface area contributed by atoms with Crippen LogP contribution in [0.15, 0.2) is 51.7 Å². The predicted molar refractivity (Wildman–Crippen MR) is 112 cm³/mol. The molecule has 0 saturated heterocycles. The molecule has 1 aromatic heterocycles. The summed E-state index contributed by atoms with van der Waals surface area (Å²) in [6.07, 6.45) is 0.691. The average Bonchev–Trinajstić information content (AvgIpc) is 2.99. The molecular formula is C23H21ClFNO4. The third-order valence-electron chi connectivity index (χ3n) is 5.11. The number of rotatable bonds is 6. The van der Waals surface area contributed by atoms with E-state index < -0.39 is 17.3 Å². The normalized spacial score (nSPS) is 16.0. The third kappa shape index (κ3) is 3.73. The van der Waals surface area contributed by atoms with Crippen molar-refractivity contribution in [1.82, 2.24) is 4.90 Å². The molecule has 0 aliphatic carbocycles. The van der Waals surface area contributed by atoms with Gasteiger partial charge in [0.2, 0.25) is 5.76 Å². The molecule has 30 heavy (non-hydrogen) atoms. The quantitative estimate of drug-likeness (QED) is 0.520. The van der Waals surface area contributed by atoms with Gasteiger partial charge < -0.3 is 14.1 Å². The first-order valence-electron chi connectivity index (χ1n) is 9.81. The first-order valence-corrected chi connectivity index (χ1v) is 10.2. The Morgan fingerprint density at radius 2 is 1.90 bits per heavy atom. The lowest BCUT2D eigenvalue weighted by Crippen LogP contribution is -2.31. The lowest BCUT2D eigenvalue weighted by Gasteiger charge is -2.25. The molecular weight excluding hydrogens is 409 g/mol. The molecule has 0 unspecified atom stereocenters. The van der Waals surface area contributed by atoms with E-state index >= 15 is 0 Å². The topological polar surface area (TPSA) is 59.8 Å². The van der Waals surface area contributed by atoms with Gasteiger partial charge in [0.25, 0.3) is 5.91 Å². The second-order valence-corrected chi connectivity index (χ2v) is 7.98. The summed E-state index contributed by atoms with van der Waals surface area (Å²) in [5.41, 5.74) is 0.748. The van der Waals surface area contributed by atoms with Crippen molar-refractivity contribution < 1.29 is 18.3 Å². The van der Waals surface area contributed by atoms with E-state index in [0.717, 1.165) is 11.6 Å². The Bertz CT molecular complexity index is 1160. The summed E-state index contributed by atoms with van der Waals surface area (Å²) in [6.45, 7) is 4.76. The predicted octanol–water partition coefficient (Wildman–Crippen LogP) is 4.95. The van der Waals surface area contributed by atoms with Gasteiger partial charge in [0.1, 0.15) is 11.4 Å². The molecule has 0 N–H and O–H groups in total. The number of amides is 1. The number of carbonyl (C=O) groups excluding carboxylic acids is 1. The highest BCUT2D eigenvalue weighted by atomic mass is 35.5. The molecule has 1 amide bonds. The summed E-state index contributed by atoms with van der Waals surface area (Å²) in [4.78, 5) is 28.1. The van der Waals surface area contributed by atoms with Gasteiger partial charge in [0.05, 0.1) is 23.1 Å². The van der Waals surface area contributed by atoms with Gasteiger partial charge >= 0.3 is 0 Å². The molecule has 2 heterocycles. The van der Waals surface area contributed by atoms with Crippen molar-refractivity contribution in [3.63, 3.8) is 0 Å². The zero-order valence-corrected chi connectivity index (χ0v) is 17.4. The molecule has 1 atom stereocenters. The van der Waals surface area contributed by atoms with E-state index in [2.05, 4.69) is 0 Å². The number of nitrogens with zero attached hydrogens (tertiary/aromatic N) is 1. The number of halogens is 2. The van der Waals surface area contributed by atoms with Crippen LogP contribution in [0.25, 0.3) is 11.0 Å². The Hall–Kier alpha value is -2.70. The number of hydrogen-bond donors (Lipinski definition) is 0. The van der Waals surface area contributed by atoms with Crippen LogP contribution < -0.4 is 5.43 Å². The molecule has 1 aliphatic heterocycles. The van der Waals surface area contributed by atoms with Crippen LogP contribution >= 0.6 is 11.6 Å². The maximum atomic E-state index is 13.8. The summed E-state index contributed by atoms with van der Waals surface area (Å²) in [7, 11) is 0. The first-order chi connectivity index (χ1) is 14.4. The summed E-state index contributed by atoms with van der Waals surface area (Å²) in [6, 6.07) is 10.1.